The Morgan fingerprint density at radius 2 is 1.28 bits per heavy atom. The molecule has 3 heterocycles. The molecule has 378 valence electrons. The van der Waals surface area contributed by atoms with Gasteiger partial charge in [-0.1, -0.05) is 68.8 Å². The lowest BCUT2D eigenvalue weighted by Gasteiger charge is -2.37. The van der Waals surface area contributed by atoms with Gasteiger partial charge in [0.1, 0.15) is 17.8 Å². The standard InChI is InChI=1S/C52H55Cl2N6O11P/c1-28(2)45(57-40(61)15-5-4-10-18-58-41(62)16-17-42(58)63)47(65)55-29(3)46(64)56-36-19-37-43(34-13-8-6-11-32(34)36)30(21-53)23-59(37)48(66)50-25-51(27-52(50,51)26-50)49(67)60-24-31(22-54)44-35-14-9-7-12-33(35)39(20-38(44)60)71-72(68,69)70/h6-9,11-14,16-17,19-20,28-31,45H,4-5,10,15,18,21-27H2,1-3H3,(H,55,65)(H,56,64)(H,57,61)(H2,68,69,70). The molecule has 4 aromatic carbocycles. The van der Waals surface area contributed by atoms with Gasteiger partial charge in [-0.05, 0) is 72.9 Å². The number of halogens is 2. The van der Waals surface area contributed by atoms with Crippen LogP contribution in [0.4, 0.5) is 17.1 Å². The third kappa shape index (κ3) is 8.06. The van der Waals surface area contributed by atoms with E-state index in [0.717, 1.165) is 26.8 Å². The third-order valence-electron chi connectivity index (χ3n) is 16.0. The van der Waals surface area contributed by atoms with Gasteiger partial charge in [-0.25, -0.2) is 4.57 Å². The molecule has 0 saturated heterocycles. The van der Waals surface area contributed by atoms with Gasteiger partial charge in [-0.3, -0.25) is 48.2 Å². The number of anilines is 3. The fourth-order valence-corrected chi connectivity index (χ4v) is 13.4. The Kier molecular flexibility index (Phi) is 12.6. The molecular formula is C52H55Cl2N6O11P. The maximum absolute atomic E-state index is 15.1. The molecule has 10 rings (SSSR count). The van der Waals surface area contributed by atoms with E-state index in [2.05, 4.69) is 16.0 Å². The number of nitrogens with zero attached hydrogens (tertiary/aromatic N) is 3. The number of hydrogen-bond donors (Lipinski definition) is 5. The number of amides is 7. The van der Waals surface area contributed by atoms with Crippen LogP contribution in [-0.2, 0) is 38.1 Å². The van der Waals surface area contributed by atoms with Crippen molar-refractivity contribution in [1.82, 2.24) is 15.5 Å². The number of fused-ring (bicyclic) bond motifs is 6. The number of imide groups is 1. The quantitative estimate of drug-likeness (QED) is 0.0303. The largest absolute Gasteiger partial charge is 0.524 e. The minimum atomic E-state index is -4.96. The predicted octanol–water partition coefficient (Wildman–Crippen LogP) is 6.74. The first-order chi connectivity index (χ1) is 34.3. The van der Waals surface area contributed by atoms with Crippen LogP contribution in [0.5, 0.6) is 5.75 Å². The molecule has 72 heavy (non-hydrogen) atoms. The number of rotatable bonds is 18. The molecule has 4 aromatic rings. The van der Waals surface area contributed by atoms with Crippen LogP contribution in [0.2, 0.25) is 0 Å². The van der Waals surface area contributed by atoms with E-state index in [4.69, 9.17) is 27.7 Å². The van der Waals surface area contributed by atoms with E-state index in [1.165, 1.54) is 18.2 Å². The molecule has 0 aromatic heterocycles. The zero-order valence-electron chi connectivity index (χ0n) is 39.9. The second-order valence-corrected chi connectivity index (χ2v) is 22.4. The highest BCUT2D eigenvalue weighted by Crippen LogP contribution is 3.01. The van der Waals surface area contributed by atoms with Crippen molar-refractivity contribution in [3.63, 3.8) is 0 Å². The first-order valence-electron chi connectivity index (χ1n) is 24.3. The molecular weight excluding hydrogens is 986 g/mol. The van der Waals surface area contributed by atoms with E-state index in [-0.39, 0.29) is 84.3 Å². The first-order valence-corrected chi connectivity index (χ1v) is 26.9. The summed E-state index contributed by atoms with van der Waals surface area (Å²) in [4.78, 5) is 118. The number of unbranched alkanes of at least 4 members (excludes halogenated alkanes) is 2. The van der Waals surface area contributed by atoms with Crippen molar-refractivity contribution in [2.45, 2.75) is 89.6 Å². The molecule has 0 radical (unpaired) electrons. The van der Waals surface area contributed by atoms with Gasteiger partial charge in [0, 0.05) is 89.7 Å². The topological polar surface area (TPSA) is 232 Å². The molecule has 3 saturated carbocycles. The fraction of sp³-hybridized carbons (Fsp3) is 0.442. The van der Waals surface area contributed by atoms with Crippen LogP contribution in [-0.4, -0.2) is 99.5 Å². The minimum Gasteiger partial charge on any atom is -0.404 e. The Balaban J connectivity index is 0.826. The van der Waals surface area contributed by atoms with Gasteiger partial charge in [0.25, 0.3) is 11.8 Å². The first kappa shape index (κ1) is 49.7. The number of nitrogens with one attached hydrogen (secondary N) is 3. The van der Waals surface area contributed by atoms with Gasteiger partial charge in [0.15, 0.2) is 0 Å². The van der Waals surface area contributed by atoms with E-state index in [1.54, 1.807) is 48.8 Å². The van der Waals surface area contributed by atoms with Crippen LogP contribution in [0, 0.1) is 22.2 Å². The van der Waals surface area contributed by atoms with E-state index < -0.39 is 48.0 Å². The molecule has 17 nitrogen and oxygen atoms in total. The van der Waals surface area contributed by atoms with E-state index in [1.807, 2.05) is 36.4 Å². The summed E-state index contributed by atoms with van der Waals surface area (Å²) in [6, 6.07) is 15.9. The van der Waals surface area contributed by atoms with Crippen molar-refractivity contribution in [1.29, 1.82) is 0 Å². The Labute approximate surface area is 425 Å². The molecule has 20 heteroatoms. The Morgan fingerprint density at radius 3 is 1.82 bits per heavy atom. The van der Waals surface area contributed by atoms with Crippen LogP contribution in [0.3, 0.4) is 0 Å². The molecule has 3 fully saturated rings. The number of hydrogen-bond acceptors (Lipinski definition) is 9. The van der Waals surface area contributed by atoms with Crippen LogP contribution in [0.1, 0.15) is 88.7 Å². The average molecular weight is 1040 g/mol. The molecule has 1 spiro atoms. The maximum atomic E-state index is 15.1. The SMILES string of the molecule is CC(NC(=O)C(NC(=O)CCCCCN1C(=O)C=CC1=O)C(C)C)C(=O)Nc1cc2c(c3ccccc13)C(CCl)CN2C(=O)C12CC3(C(=O)N4CC(CCl)c5c4cc(OP(=O)(O)O)c4ccccc54)CC13C2. The summed E-state index contributed by atoms with van der Waals surface area (Å²) in [6.07, 6.45) is 5.60. The lowest BCUT2D eigenvalue weighted by atomic mass is 9.72. The van der Waals surface area contributed by atoms with Crippen molar-refractivity contribution in [2.75, 3.05) is 46.5 Å². The van der Waals surface area contributed by atoms with Crippen LogP contribution in [0.15, 0.2) is 72.8 Å². The molecule has 7 atom stereocenters. The third-order valence-corrected chi connectivity index (χ3v) is 17.2. The Morgan fingerprint density at radius 1 is 0.736 bits per heavy atom. The van der Waals surface area contributed by atoms with Crippen molar-refractivity contribution in [3.05, 3.63) is 83.9 Å². The monoisotopic (exact) mass is 1040 g/mol. The molecule has 6 aliphatic rings. The number of phosphoric acid groups is 1. The summed E-state index contributed by atoms with van der Waals surface area (Å²) < 4.78 is 17.2. The van der Waals surface area contributed by atoms with Crippen molar-refractivity contribution in [2.24, 2.45) is 22.2 Å². The molecule has 7 unspecified atom stereocenters. The summed E-state index contributed by atoms with van der Waals surface area (Å²) in [7, 11) is -4.96. The highest BCUT2D eigenvalue weighted by atomic mass is 35.5. The second kappa shape index (κ2) is 18.3. The van der Waals surface area contributed by atoms with E-state index in [9.17, 15) is 43.1 Å². The van der Waals surface area contributed by atoms with Crippen molar-refractivity contribution >= 4 is 111 Å². The summed E-state index contributed by atoms with van der Waals surface area (Å²) in [6.45, 7) is 5.96. The predicted molar refractivity (Wildman–Crippen MR) is 271 cm³/mol. The summed E-state index contributed by atoms with van der Waals surface area (Å²) >= 11 is 13.2. The molecule has 3 aliphatic heterocycles. The zero-order chi connectivity index (χ0) is 51.2. The number of carbonyl (C=O) groups excluding carboxylic acids is 7. The van der Waals surface area contributed by atoms with Gasteiger partial charge < -0.3 is 30.3 Å². The highest BCUT2D eigenvalue weighted by molar-refractivity contribution is 7.46. The van der Waals surface area contributed by atoms with Crippen LogP contribution >= 0.6 is 31.0 Å². The van der Waals surface area contributed by atoms with Gasteiger partial charge in [-0.2, -0.15) is 0 Å². The van der Waals surface area contributed by atoms with Crippen molar-refractivity contribution in [3.8, 4) is 5.75 Å². The summed E-state index contributed by atoms with van der Waals surface area (Å²) in [5, 5.41) is 11.3. The molecule has 3 aliphatic carbocycles. The number of alkyl halides is 2. The summed E-state index contributed by atoms with van der Waals surface area (Å²) in [5.74, 6) is -2.76. The van der Waals surface area contributed by atoms with Gasteiger partial charge >= 0.3 is 7.82 Å². The average Bonchev–Trinajstić information content (AvgIpc) is 3.72. The fourth-order valence-electron chi connectivity index (χ4n) is 12.5. The maximum Gasteiger partial charge on any atom is 0.524 e. The van der Waals surface area contributed by atoms with Crippen LogP contribution in [0.25, 0.3) is 21.5 Å². The molecule has 7 amide bonds. The number of phosphoric ester groups is 1. The second-order valence-electron chi connectivity index (χ2n) is 20.6. The zero-order valence-corrected chi connectivity index (χ0v) is 42.3. The van der Waals surface area contributed by atoms with Crippen molar-refractivity contribution < 1.29 is 52.4 Å². The minimum absolute atomic E-state index is 0.0453. The van der Waals surface area contributed by atoms with Gasteiger partial charge in [-0.15, -0.1) is 23.2 Å². The smallest absolute Gasteiger partial charge is 0.404 e. The van der Waals surface area contributed by atoms with Gasteiger partial charge in [0.2, 0.25) is 29.5 Å². The van der Waals surface area contributed by atoms with E-state index >= 15 is 4.79 Å². The number of carbonyl (C=O) groups is 7. The van der Waals surface area contributed by atoms with E-state index in [0.29, 0.717) is 72.9 Å². The normalized spacial score (nSPS) is 25.1. The molecule has 5 N–H and O–H groups in total. The Hall–Kier alpha value is -5.84. The van der Waals surface area contributed by atoms with Crippen LogP contribution < -0.4 is 30.3 Å². The number of benzene rings is 4. The lowest BCUT2D eigenvalue weighted by molar-refractivity contribution is -0.137. The lowest BCUT2D eigenvalue weighted by Crippen LogP contribution is -2.53. The Bertz CT molecular complexity index is 3090. The van der Waals surface area contributed by atoms with Gasteiger partial charge in [0.05, 0.1) is 22.2 Å². The summed E-state index contributed by atoms with van der Waals surface area (Å²) in [5.41, 5.74) is 1.10. The molecule has 0 bridgehead atoms. The highest BCUT2D eigenvalue weighted by Gasteiger charge is 3.01.